The van der Waals surface area contributed by atoms with E-state index < -0.39 is 12.0 Å². The van der Waals surface area contributed by atoms with E-state index in [0.29, 0.717) is 37.6 Å². The fourth-order valence-corrected chi connectivity index (χ4v) is 6.69. The maximum absolute atomic E-state index is 14.0. The lowest BCUT2D eigenvalue weighted by molar-refractivity contribution is -0.113. The maximum atomic E-state index is 14.0. The van der Waals surface area contributed by atoms with Crippen molar-refractivity contribution in [2.24, 2.45) is 4.99 Å². The molecular formula is C33H25N3O5S2. The van der Waals surface area contributed by atoms with Crippen molar-refractivity contribution >= 4 is 46.3 Å². The summed E-state index contributed by atoms with van der Waals surface area (Å²) in [7, 11) is 0. The van der Waals surface area contributed by atoms with Gasteiger partial charge in [0, 0.05) is 16.1 Å². The van der Waals surface area contributed by atoms with E-state index >= 15 is 0 Å². The molecule has 0 aliphatic carbocycles. The van der Waals surface area contributed by atoms with Gasteiger partial charge in [-0.2, -0.15) is 0 Å². The second kappa shape index (κ2) is 12.0. The van der Waals surface area contributed by atoms with Gasteiger partial charge >= 0.3 is 5.97 Å². The number of allylic oxidation sites excluding steroid dienone is 1. The first kappa shape index (κ1) is 28.1. The number of hydrogen-bond donors (Lipinski definition) is 2. The lowest BCUT2D eigenvalue weighted by Crippen LogP contribution is -2.40. The second-order valence-electron chi connectivity index (χ2n) is 9.75. The number of rotatable bonds is 8. The van der Waals surface area contributed by atoms with Crippen LogP contribution in [0.1, 0.15) is 39.3 Å². The van der Waals surface area contributed by atoms with Gasteiger partial charge in [-0.1, -0.05) is 65.9 Å². The third-order valence-corrected chi connectivity index (χ3v) is 8.82. The highest BCUT2D eigenvalue weighted by atomic mass is 32.1. The molecule has 10 heteroatoms. The van der Waals surface area contributed by atoms with E-state index in [2.05, 4.69) is 5.32 Å². The number of nitrogens with one attached hydrogen (secondary N) is 1. The number of aromatic carboxylic acids is 1. The number of thiophene rings is 1. The molecule has 1 aliphatic heterocycles. The molecule has 1 atom stereocenters. The molecular weight excluding hydrogens is 583 g/mol. The fraction of sp³-hybridized carbons (Fsp3) is 0.0909. The molecule has 0 saturated heterocycles. The van der Waals surface area contributed by atoms with Crippen LogP contribution in [0.25, 0.3) is 6.08 Å². The zero-order chi connectivity index (χ0) is 29.9. The van der Waals surface area contributed by atoms with Gasteiger partial charge in [-0.25, -0.2) is 9.79 Å². The lowest BCUT2D eigenvalue weighted by atomic mass is 10.0. The Morgan fingerprint density at radius 3 is 2.47 bits per heavy atom. The SMILES string of the molecule is CC1=C(C(=O)Nc2ccccc2)[C@@H](c2cccs2)n2c(s/c(=C\c3ccccc3OCc3ccc(C(=O)O)cc3)c2=O)=N1. The van der Waals surface area contributed by atoms with Crippen molar-refractivity contribution in [3.8, 4) is 5.75 Å². The molecule has 0 spiro atoms. The highest BCUT2D eigenvalue weighted by Crippen LogP contribution is 2.33. The number of carboxylic acid groups (broad SMARTS) is 1. The number of benzene rings is 3. The third-order valence-electron chi connectivity index (χ3n) is 6.91. The number of para-hydroxylation sites is 2. The van der Waals surface area contributed by atoms with E-state index in [1.54, 1.807) is 29.7 Å². The van der Waals surface area contributed by atoms with Crippen LogP contribution in [0.3, 0.4) is 0 Å². The number of carboxylic acids is 1. The normalized spacial score (nSPS) is 14.6. The van der Waals surface area contributed by atoms with Gasteiger partial charge in [0.15, 0.2) is 4.80 Å². The number of fused-ring (bicyclic) bond motifs is 1. The summed E-state index contributed by atoms with van der Waals surface area (Å²) in [5, 5.41) is 14.0. The molecule has 2 aromatic heterocycles. The first-order valence-electron chi connectivity index (χ1n) is 13.4. The zero-order valence-corrected chi connectivity index (χ0v) is 24.5. The predicted octanol–water partition coefficient (Wildman–Crippen LogP) is 5.21. The van der Waals surface area contributed by atoms with Crippen LogP contribution in [0.15, 0.2) is 117 Å². The summed E-state index contributed by atoms with van der Waals surface area (Å²) in [5.41, 5.74) is 3.10. The van der Waals surface area contributed by atoms with Gasteiger partial charge in [0.05, 0.1) is 21.4 Å². The number of hydrogen-bond acceptors (Lipinski definition) is 7. The maximum Gasteiger partial charge on any atom is 0.335 e. The summed E-state index contributed by atoms with van der Waals surface area (Å²) in [5.74, 6) is -0.723. The van der Waals surface area contributed by atoms with Gasteiger partial charge in [0.2, 0.25) is 0 Å². The number of thiazole rings is 1. The van der Waals surface area contributed by atoms with Crippen molar-refractivity contribution in [1.82, 2.24) is 4.57 Å². The second-order valence-corrected chi connectivity index (χ2v) is 11.7. The van der Waals surface area contributed by atoms with Crippen LogP contribution in [0, 0.1) is 0 Å². The largest absolute Gasteiger partial charge is 0.488 e. The molecule has 1 aliphatic rings. The molecule has 43 heavy (non-hydrogen) atoms. The Hall–Kier alpha value is -5.06. The van der Waals surface area contributed by atoms with Crippen LogP contribution in [-0.2, 0) is 11.4 Å². The fourth-order valence-electron chi connectivity index (χ4n) is 4.82. The van der Waals surface area contributed by atoms with Crippen LogP contribution in [-0.4, -0.2) is 21.6 Å². The van der Waals surface area contributed by atoms with Crippen molar-refractivity contribution in [2.45, 2.75) is 19.6 Å². The highest BCUT2D eigenvalue weighted by Gasteiger charge is 2.33. The molecule has 3 aromatic carbocycles. The molecule has 0 bridgehead atoms. The van der Waals surface area contributed by atoms with Gasteiger partial charge < -0.3 is 15.2 Å². The smallest absolute Gasteiger partial charge is 0.335 e. The number of amides is 1. The number of ether oxygens (including phenoxy) is 1. The van der Waals surface area contributed by atoms with Crippen LogP contribution >= 0.6 is 22.7 Å². The number of aromatic nitrogens is 1. The Bertz CT molecular complexity index is 2030. The average molecular weight is 608 g/mol. The lowest BCUT2D eigenvalue weighted by Gasteiger charge is -2.24. The monoisotopic (exact) mass is 607 g/mol. The van der Waals surface area contributed by atoms with Crippen molar-refractivity contribution in [3.05, 3.63) is 149 Å². The summed E-state index contributed by atoms with van der Waals surface area (Å²) in [6.07, 6.45) is 1.78. The predicted molar refractivity (Wildman–Crippen MR) is 167 cm³/mol. The summed E-state index contributed by atoms with van der Waals surface area (Å²) in [6.45, 7) is 2.02. The highest BCUT2D eigenvalue weighted by molar-refractivity contribution is 7.10. The zero-order valence-electron chi connectivity index (χ0n) is 22.9. The average Bonchev–Trinajstić information content (AvgIpc) is 3.65. The van der Waals surface area contributed by atoms with Crippen molar-refractivity contribution in [1.29, 1.82) is 0 Å². The van der Waals surface area contributed by atoms with E-state index in [-0.39, 0.29) is 23.6 Å². The van der Waals surface area contributed by atoms with Crippen LogP contribution < -0.4 is 24.9 Å². The Kier molecular flexibility index (Phi) is 7.86. The molecule has 6 rings (SSSR count). The van der Waals surface area contributed by atoms with E-state index in [9.17, 15) is 14.4 Å². The molecule has 5 aromatic rings. The molecule has 2 N–H and O–H groups in total. The first-order valence-corrected chi connectivity index (χ1v) is 15.0. The van der Waals surface area contributed by atoms with E-state index in [1.165, 1.54) is 34.8 Å². The van der Waals surface area contributed by atoms with Gasteiger partial charge in [-0.3, -0.25) is 14.2 Å². The van der Waals surface area contributed by atoms with Crippen molar-refractivity contribution < 1.29 is 19.4 Å². The number of carbonyl (C=O) groups excluding carboxylic acids is 1. The van der Waals surface area contributed by atoms with Crippen LogP contribution in [0.4, 0.5) is 5.69 Å². The topological polar surface area (TPSA) is 110 Å². The first-order chi connectivity index (χ1) is 20.9. The molecule has 1 amide bonds. The minimum absolute atomic E-state index is 0.205. The summed E-state index contributed by atoms with van der Waals surface area (Å²) in [4.78, 5) is 44.8. The molecule has 0 radical (unpaired) electrons. The molecule has 0 saturated carbocycles. The number of carbonyl (C=O) groups is 2. The van der Waals surface area contributed by atoms with Gasteiger partial charge in [-0.15, -0.1) is 11.3 Å². The van der Waals surface area contributed by atoms with E-state index in [0.717, 1.165) is 10.4 Å². The Morgan fingerprint density at radius 1 is 1.00 bits per heavy atom. The standard InChI is InChI=1S/C33H25N3O5S2/c1-20-28(30(37)35-24-9-3-2-4-10-24)29(26-12-7-17-42-26)36-31(38)27(43-33(36)34-20)18-23-8-5-6-11-25(23)41-19-21-13-15-22(16-14-21)32(39)40/h2-18,29H,19H2,1H3,(H,35,37)(H,39,40)/b27-18-/t29-/m1/s1. The van der Waals surface area contributed by atoms with Crippen molar-refractivity contribution in [3.63, 3.8) is 0 Å². The van der Waals surface area contributed by atoms with Gasteiger partial charge in [-0.05, 0) is 60.3 Å². The molecule has 214 valence electrons. The Balaban J connectivity index is 1.36. The molecule has 0 fully saturated rings. The number of anilines is 1. The van der Waals surface area contributed by atoms with Crippen LogP contribution in [0.5, 0.6) is 5.75 Å². The quantitative estimate of drug-likeness (QED) is 0.252. The van der Waals surface area contributed by atoms with Gasteiger partial charge in [0.1, 0.15) is 18.4 Å². The molecule has 8 nitrogen and oxygen atoms in total. The Labute approximate surface area is 254 Å². The summed E-state index contributed by atoms with van der Waals surface area (Å²) >= 11 is 2.74. The summed E-state index contributed by atoms with van der Waals surface area (Å²) < 4.78 is 8.13. The van der Waals surface area contributed by atoms with Crippen molar-refractivity contribution in [2.75, 3.05) is 5.32 Å². The number of nitrogens with zero attached hydrogens (tertiary/aromatic N) is 2. The molecule has 3 heterocycles. The summed E-state index contributed by atoms with van der Waals surface area (Å²) in [6, 6.07) is 26.3. The molecule has 0 unspecified atom stereocenters. The minimum Gasteiger partial charge on any atom is -0.488 e. The minimum atomic E-state index is -0.986. The van der Waals surface area contributed by atoms with Gasteiger partial charge in [0.25, 0.3) is 11.5 Å². The van der Waals surface area contributed by atoms with Crippen LogP contribution in [0.2, 0.25) is 0 Å². The third kappa shape index (κ3) is 5.83. The van der Waals surface area contributed by atoms with E-state index in [1.807, 2.05) is 72.1 Å². The Morgan fingerprint density at radius 2 is 1.74 bits per heavy atom. The van der Waals surface area contributed by atoms with E-state index in [4.69, 9.17) is 14.8 Å².